The molecule has 9 heteroatoms. The molecular formula is C25H30FN5O2S. The lowest BCUT2D eigenvalue weighted by Gasteiger charge is -2.32. The second-order valence-electron chi connectivity index (χ2n) is 9.46. The molecule has 1 fully saturated rings. The molecule has 1 saturated heterocycles. The molecule has 2 heterocycles. The van der Waals surface area contributed by atoms with E-state index in [1.165, 1.54) is 12.1 Å². The lowest BCUT2D eigenvalue weighted by Crippen LogP contribution is -2.46. The Hall–Kier alpha value is -3.04. The molecule has 1 N–H and O–H groups in total. The van der Waals surface area contributed by atoms with Gasteiger partial charge in [-0.3, -0.25) is 9.47 Å². The zero-order valence-electron chi connectivity index (χ0n) is 19.7. The number of rotatable bonds is 5. The molecule has 0 atom stereocenters. The van der Waals surface area contributed by atoms with E-state index in [4.69, 9.17) is 22.1 Å². The number of aromatic nitrogens is 3. The average molecular weight is 484 g/mol. The Morgan fingerprint density at radius 3 is 2.38 bits per heavy atom. The summed E-state index contributed by atoms with van der Waals surface area (Å²) < 4.78 is 23.1. The van der Waals surface area contributed by atoms with E-state index in [1.807, 2.05) is 60.4 Å². The lowest BCUT2D eigenvalue weighted by molar-refractivity contribution is 0.0470. The van der Waals surface area contributed by atoms with Gasteiger partial charge >= 0.3 is 6.09 Å². The summed E-state index contributed by atoms with van der Waals surface area (Å²) in [5, 5.41) is 7.80. The Balaban J connectivity index is 1.50. The standard InChI is InChI=1S/C25H30FN5O2S/c1-25(2,3)33-23(32)27-20-13-15-29(16-14-20)17-30-24(34)31(21-11-9-19(26)10-12-21)22(28-30)18-7-5-4-6-8-18/h4-12,20H,13-17H2,1-3H3,(H,27,32). The van der Waals surface area contributed by atoms with Crippen molar-refractivity contribution < 1.29 is 13.9 Å². The van der Waals surface area contributed by atoms with Gasteiger partial charge < -0.3 is 10.1 Å². The molecule has 7 nitrogen and oxygen atoms in total. The number of carbonyl (C=O) groups excluding carboxylic acids is 1. The maximum absolute atomic E-state index is 13.5. The first-order valence-electron chi connectivity index (χ1n) is 11.4. The molecule has 0 radical (unpaired) electrons. The molecule has 0 unspecified atom stereocenters. The Bertz CT molecular complexity index is 1180. The number of benzene rings is 2. The van der Waals surface area contributed by atoms with Crippen molar-refractivity contribution in [3.63, 3.8) is 0 Å². The minimum Gasteiger partial charge on any atom is -0.444 e. The number of hydrogen-bond donors (Lipinski definition) is 1. The molecule has 180 valence electrons. The Morgan fingerprint density at radius 2 is 1.76 bits per heavy atom. The van der Waals surface area contributed by atoms with Gasteiger partial charge in [0, 0.05) is 24.7 Å². The Kier molecular flexibility index (Phi) is 7.13. The Morgan fingerprint density at radius 1 is 1.12 bits per heavy atom. The molecule has 1 aliphatic heterocycles. The second kappa shape index (κ2) is 10.1. The maximum atomic E-state index is 13.5. The van der Waals surface area contributed by atoms with Crippen LogP contribution in [0.3, 0.4) is 0 Å². The van der Waals surface area contributed by atoms with Crippen molar-refractivity contribution in [3.05, 3.63) is 65.2 Å². The van der Waals surface area contributed by atoms with E-state index in [0.717, 1.165) is 37.2 Å². The molecular weight excluding hydrogens is 453 g/mol. The number of carbonyl (C=O) groups is 1. The van der Waals surface area contributed by atoms with Crippen molar-refractivity contribution in [2.45, 2.75) is 51.9 Å². The second-order valence-corrected chi connectivity index (χ2v) is 9.83. The minimum atomic E-state index is -0.513. The number of likely N-dealkylation sites (tertiary alicyclic amines) is 1. The smallest absolute Gasteiger partial charge is 0.407 e. The molecule has 3 aromatic rings. The van der Waals surface area contributed by atoms with Crippen molar-refractivity contribution in [1.82, 2.24) is 24.6 Å². The highest BCUT2D eigenvalue weighted by Gasteiger charge is 2.24. The third-order valence-electron chi connectivity index (χ3n) is 5.60. The number of hydrogen-bond acceptors (Lipinski definition) is 5. The van der Waals surface area contributed by atoms with E-state index < -0.39 is 5.60 Å². The van der Waals surface area contributed by atoms with Gasteiger partial charge in [0.05, 0.1) is 12.4 Å². The third-order valence-corrected chi connectivity index (χ3v) is 5.99. The van der Waals surface area contributed by atoms with Crippen LogP contribution in [0, 0.1) is 10.6 Å². The summed E-state index contributed by atoms with van der Waals surface area (Å²) in [6.45, 7) is 7.69. The first-order chi connectivity index (χ1) is 16.2. The van der Waals surface area contributed by atoms with Crippen LogP contribution >= 0.6 is 12.2 Å². The molecule has 0 bridgehead atoms. The zero-order valence-corrected chi connectivity index (χ0v) is 20.5. The van der Waals surface area contributed by atoms with Crippen LogP contribution in [-0.4, -0.2) is 50.1 Å². The van der Waals surface area contributed by atoms with Crippen molar-refractivity contribution in [1.29, 1.82) is 0 Å². The summed E-state index contributed by atoms with van der Waals surface area (Å²) in [6, 6.07) is 16.2. The van der Waals surface area contributed by atoms with Gasteiger partial charge in [-0.2, -0.15) is 0 Å². The van der Waals surface area contributed by atoms with Gasteiger partial charge in [-0.15, -0.1) is 5.10 Å². The highest BCUT2D eigenvalue weighted by molar-refractivity contribution is 7.71. The van der Waals surface area contributed by atoms with Crippen LogP contribution in [0.5, 0.6) is 0 Å². The van der Waals surface area contributed by atoms with E-state index in [9.17, 15) is 9.18 Å². The summed E-state index contributed by atoms with van der Waals surface area (Å²) in [4.78, 5) is 14.3. The number of ether oxygens (including phenoxy) is 1. The summed E-state index contributed by atoms with van der Waals surface area (Å²) in [6.07, 6.45) is 1.26. The maximum Gasteiger partial charge on any atom is 0.407 e. The minimum absolute atomic E-state index is 0.0794. The quantitative estimate of drug-likeness (QED) is 0.508. The van der Waals surface area contributed by atoms with E-state index in [-0.39, 0.29) is 18.0 Å². The van der Waals surface area contributed by atoms with Crippen LogP contribution < -0.4 is 5.32 Å². The van der Waals surface area contributed by atoms with E-state index in [2.05, 4.69) is 10.2 Å². The normalized spacial score (nSPS) is 15.3. The van der Waals surface area contributed by atoms with Gasteiger partial charge in [0.25, 0.3) is 0 Å². The van der Waals surface area contributed by atoms with Gasteiger partial charge in [-0.05, 0) is 70.1 Å². The highest BCUT2D eigenvalue weighted by atomic mass is 32.1. The number of amides is 1. The van der Waals surface area contributed by atoms with Crippen LogP contribution in [0.25, 0.3) is 17.1 Å². The average Bonchev–Trinajstić information content (AvgIpc) is 3.11. The summed E-state index contributed by atoms with van der Waals surface area (Å²) in [5.74, 6) is 0.408. The molecule has 4 rings (SSSR count). The van der Waals surface area contributed by atoms with E-state index >= 15 is 0 Å². The fraction of sp³-hybridized carbons (Fsp3) is 0.400. The predicted octanol–water partition coefficient (Wildman–Crippen LogP) is 5.16. The third kappa shape index (κ3) is 5.90. The summed E-state index contributed by atoms with van der Waals surface area (Å²) in [7, 11) is 0. The van der Waals surface area contributed by atoms with Crippen LogP contribution in [0.1, 0.15) is 33.6 Å². The lowest BCUT2D eigenvalue weighted by atomic mass is 10.1. The first kappa shape index (κ1) is 24.1. The molecule has 2 aromatic carbocycles. The van der Waals surface area contributed by atoms with Crippen molar-refractivity contribution in [2.24, 2.45) is 0 Å². The number of nitrogens with one attached hydrogen (secondary N) is 1. The van der Waals surface area contributed by atoms with Crippen LogP contribution in [0.4, 0.5) is 9.18 Å². The van der Waals surface area contributed by atoms with Gasteiger partial charge in [0.1, 0.15) is 11.4 Å². The van der Waals surface area contributed by atoms with Gasteiger partial charge in [-0.25, -0.2) is 13.9 Å². The SMILES string of the molecule is CC(C)(C)OC(=O)NC1CCN(Cn2nc(-c3ccccc3)n(-c3ccc(F)cc3)c2=S)CC1. The molecule has 1 aromatic heterocycles. The monoisotopic (exact) mass is 483 g/mol. The van der Waals surface area contributed by atoms with Crippen LogP contribution in [0.2, 0.25) is 0 Å². The molecule has 0 spiro atoms. The number of alkyl carbamates (subject to hydrolysis) is 1. The zero-order chi connectivity index (χ0) is 24.3. The van der Waals surface area contributed by atoms with Crippen molar-refractivity contribution in [3.8, 4) is 17.1 Å². The first-order valence-corrected chi connectivity index (χ1v) is 11.8. The predicted molar refractivity (Wildman–Crippen MR) is 132 cm³/mol. The number of halogens is 1. The molecule has 34 heavy (non-hydrogen) atoms. The molecule has 0 saturated carbocycles. The van der Waals surface area contributed by atoms with Crippen LogP contribution in [0.15, 0.2) is 54.6 Å². The van der Waals surface area contributed by atoms with Gasteiger partial charge in [-0.1, -0.05) is 30.3 Å². The Labute approximate surface area is 204 Å². The number of nitrogens with zero attached hydrogens (tertiary/aromatic N) is 4. The fourth-order valence-electron chi connectivity index (χ4n) is 3.98. The summed E-state index contributed by atoms with van der Waals surface area (Å²) in [5.41, 5.74) is 1.18. The topological polar surface area (TPSA) is 64.3 Å². The highest BCUT2D eigenvalue weighted by Crippen LogP contribution is 2.23. The van der Waals surface area contributed by atoms with E-state index in [1.54, 1.807) is 12.1 Å². The van der Waals surface area contributed by atoms with Crippen molar-refractivity contribution >= 4 is 18.3 Å². The molecule has 0 aliphatic carbocycles. The summed E-state index contributed by atoms with van der Waals surface area (Å²) >= 11 is 5.80. The number of piperidine rings is 1. The fourth-order valence-corrected chi connectivity index (χ4v) is 4.27. The van der Waals surface area contributed by atoms with Gasteiger partial charge in [0.15, 0.2) is 5.82 Å². The largest absolute Gasteiger partial charge is 0.444 e. The molecule has 1 amide bonds. The van der Waals surface area contributed by atoms with E-state index in [0.29, 0.717) is 17.3 Å². The van der Waals surface area contributed by atoms with Gasteiger partial charge in [0.2, 0.25) is 4.77 Å². The molecule has 1 aliphatic rings. The van der Waals surface area contributed by atoms with Crippen molar-refractivity contribution in [2.75, 3.05) is 13.1 Å². The van der Waals surface area contributed by atoms with Crippen LogP contribution in [-0.2, 0) is 11.4 Å².